The number of benzene rings is 6. The van der Waals surface area contributed by atoms with Crippen LogP contribution in [0.5, 0.6) is 0 Å². The van der Waals surface area contributed by atoms with Gasteiger partial charge in [0.1, 0.15) is 0 Å². The van der Waals surface area contributed by atoms with Gasteiger partial charge in [-0.3, -0.25) is 0 Å². The number of allylic oxidation sites excluding steroid dienone is 3. The fraction of sp³-hybridized carbons (Fsp3) is 0. The van der Waals surface area contributed by atoms with Crippen molar-refractivity contribution in [3.8, 4) is 24.3 Å². The number of hydrogen-bond acceptors (Lipinski definition) is 6. The van der Waals surface area contributed by atoms with Crippen molar-refractivity contribution in [3.05, 3.63) is 229 Å². The third kappa shape index (κ3) is 6.67. The van der Waals surface area contributed by atoms with Crippen molar-refractivity contribution in [2.45, 2.75) is 0 Å². The summed E-state index contributed by atoms with van der Waals surface area (Å²) in [7, 11) is 0. The molecule has 0 unspecified atom stereocenters. The van der Waals surface area contributed by atoms with Crippen LogP contribution < -0.4 is 0 Å². The van der Waals surface area contributed by atoms with Gasteiger partial charge in [0.25, 0.3) is 0 Å². The van der Waals surface area contributed by atoms with E-state index in [1.807, 2.05) is 97.1 Å². The van der Waals surface area contributed by atoms with Gasteiger partial charge in [-0.15, -0.1) is 0 Å². The average molecular weight is 689 g/mol. The first-order valence-electron chi connectivity index (χ1n) is 17.0. The maximum absolute atomic E-state index is 9.67. The van der Waals surface area contributed by atoms with Crippen LogP contribution in [-0.4, -0.2) is 12.4 Å². The van der Waals surface area contributed by atoms with Crippen LogP contribution in [0.1, 0.15) is 66.8 Å². The zero-order valence-electron chi connectivity index (χ0n) is 28.8. The highest BCUT2D eigenvalue weighted by molar-refractivity contribution is 6.13. The van der Waals surface area contributed by atoms with E-state index in [1.54, 1.807) is 48.5 Å². The van der Waals surface area contributed by atoms with Crippen LogP contribution >= 0.6 is 0 Å². The summed E-state index contributed by atoms with van der Waals surface area (Å²) in [5.74, 6) is 0. The Morgan fingerprint density at radius 2 is 0.500 bits per heavy atom. The molecular weight excluding hydrogens is 661 g/mol. The summed E-state index contributed by atoms with van der Waals surface area (Å²) < 4.78 is 0. The fourth-order valence-electron chi connectivity index (χ4n) is 6.64. The first kappa shape index (κ1) is 34.3. The minimum absolute atomic E-state index is 0.527. The average Bonchev–Trinajstić information content (AvgIpc) is 3.94. The van der Waals surface area contributed by atoms with Gasteiger partial charge >= 0.3 is 0 Å². The van der Waals surface area contributed by atoms with E-state index < -0.39 is 0 Å². The Balaban J connectivity index is 1.69. The number of hydrogen-bond donors (Lipinski definition) is 2. The van der Waals surface area contributed by atoms with Gasteiger partial charge in [-0.05, 0) is 126 Å². The highest BCUT2D eigenvalue weighted by Gasteiger charge is 2.41. The predicted octanol–water partition coefficient (Wildman–Crippen LogP) is 9.99. The van der Waals surface area contributed by atoms with Crippen molar-refractivity contribution in [2.75, 3.05) is 0 Å². The van der Waals surface area contributed by atoms with E-state index in [9.17, 15) is 21.0 Å². The van der Waals surface area contributed by atoms with Gasteiger partial charge in [-0.2, -0.15) is 21.0 Å². The minimum Gasteiger partial charge on any atom is -0.308 e. The lowest BCUT2D eigenvalue weighted by atomic mass is 9.92. The Morgan fingerprint density at radius 1 is 0.315 bits per heavy atom. The van der Waals surface area contributed by atoms with E-state index in [0.29, 0.717) is 22.3 Å². The van der Waals surface area contributed by atoms with E-state index in [0.717, 1.165) is 77.9 Å². The molecule has 6 nitrogen and oxygen atoms in total. The summed E-state index contributed by atoms with van der Waals surface area (Å²) in [5, 5.41) is 54.4. The van der Waals surface area contributed by atoms with Crippen LogP contribution in [0.2, 0.25) is 0 Å². The molecule has 250 valence electrons. The molecule has 6 aromatic carbocycles. The lowest BCUT2D eigenvalue weighted by molar-refractivity contribution is 1.45. The van der Waals surface area contributed by atoms with E-state index in [4.69, 9.17) is 10.8 Å². The molecule has 7 rings (SSSR count). The van der Waals surface area contributed by atoms with E-state index in [-0.39, 0.29) is 0 Å². The molecule has 0 aliphatic heterocycles. The second-order valence-corrected chi connectivity index (χ2v) is 12.5. The predicted molar refractivity (Wildman–Crippen MR) is 211 cm³/mol. The van der Waals surface area contributed by atoms with Gasteiger partial charge in [0.15, 0.2) is 0 Å². The highest BCUT2D eigenvalue weighted by atomic mass is 14.4. The quantitative estimate of drug-likeness (QED) is 0.153. The van der Waals surface area contributed by atoms with Crippen molar-refractivity contribution in [2.24, 2.45) is 0 Å². The number of nitrogens with one attached hydrogen (secondary N) is 2. The third-order valence-corrected chi connectivity index (χ3v) is 9.38. The third-order valence-electron chi connectivity index (χ3n) is 9.38. The molecule has 0 heterocycles. The van der Waals surface area contributed by atoms with Crippen LogP contribution in [0.25, 0.3) is 16.7 Å². The molecule has 0 amide bonds. The van der Waals surface area contributed by atoms with Gasteiger partial charge in [0.2, 0.25) is 0 Å². The summed E-state index contributed by atoms with van der Waals surface area (Å²) >= 11 is 0. The SMILES string of the molecule is N#Cc1ccc(C(=C2C(=C(/c3ccc(C#N)cc3)c3ccc(C=N)cc3)/C2=C(\c2ccc(C#N)cc2)c2ccc(C=N)cc2)c2ccc(C#N)cc2)cc1. The zero-order valence-corrected chi connectivity index (χ0v) is 28.8. The summed E-state index contributed by atoms with van der Waals surface area (Å²) in [6.07, 6.45) is 2.61. The van der Waals surface area contributed by atoms with Crippen molar-refractivity contribution in [1.29, 1.82) is 31.9 Å². The summed E-state index contributed by atoms with van der Waals surface area (Å²) in [6, 6.07) is 54.4. The van der Waals surface area contributed by atoms with Crippen molar-refractivity contribution < 1.29 is 0 Å². The minimum atomic E-state index is 0.527. The van der Waals surface area contributed by atoms with Gasteiger partial charge in [0, 0.05) is 12.4 Å². The number of nitrogens with zero attached hydrogens (tertiary/aromatic N) is 4. The second kappa shape index (κ2) is 15.0. The molecule has 0 bridgehead atoms. The molecule has 0 atom stereocenters. The van der Waals surface area contributed by atoms with E-state index >= 15 is 0 Å². The van der Waals surface area contributed by atoms with Crippen molar-refractivity contribution >= 4 is 29.1 Å². The Labute approximate surface area is 313 Å². The van der Waals surface area contributed by atoms with Crippen LogP contribution in [0.4, 0.5) is 0 Å². The number of rotatable bonds is 8. The summed E-state index contributed by atoms with van der Waals surface area (Å²) in [5.41, 5.74) is 14.6. The molecule has 1 aliphatic rings. The topological polar surface area (TPSA) is 143 Å². The monoisotopic (exact) mass is 688 g/mol. The number of nitriles is 4. The lowest BCUT2D eigenvalue weighted by Gasteiger charge is -2.11. The molecule has 6 heteroatoms. The molecule has 54 heavy (non-hydrogen) atoms. The summed E-state index contributed by atoms with van der Waals surface area (Å²) in [4.78, 5) is 0. The molecule has 1 fully saturated rings. The smallest absolute Gasteiger partial charge is 0.0991 e. The second-order valence-electron chi connectivity index (χ2n) is 12.5. The van der Waals surface area contributed by atoms with Crippen molar-refractivity contribution in [3.63, 3.8) is 0 Å². The Morgan fingerprint density at radius 3 is 0.667 bits per heavy atom. The Hall–Kier alpha value is -8.16. The van der Waals surface area contributed by atoms with Gasteiger partial charge in [0.05, 0.1) is 46.5 Å². The van der Waals surface area contributed by atoms with Crippen molar-refractivity contribution in [1.82, 2.24) is 0 Å². The standard InChI is InChI=1S/C48H28N6/c49-25-31-1-13-37(14-2-31)43(38-15-3-32(26-50)4-16-38)46-47(44(39-17-5-33(27-51)6-18-39)40-19-7-34(28-52)8-20-40)48(46)45(41-21-9-35(29-53)10-22-41)42-23-11-36(30-54)12-24-42/h1-25,27,49,51H/b46-43+,47-44+,49-25?,51-27?. The first-order chi connectivity index (χ1) is 26.5. The van der Waals surface area contributed by atoms with E-state index in [2.05, 4.69) is 24.3 Å². The Kier molecular flexibility index (Phi) is 9.52. The van der Waals surface area contributed by atoms with Gasteiger partial charge < -0.3 is 10.8 Å². The highest BCUT2D eigenvalue weighted by Crippen LogP contribution is 2.59. The molecule has 0 spiro atoms. The maximum Gasteiger partial charge on any atom is 0.0991 e. The molecular formula is C48H28N6. The lowest BCUT2D eigenvalue weighted by Crippen LogP contribution is -1.92. The van der Waals surface area contributed by atoms with Gasteiger partial charge in [-0.1, -0.05) is 97.1 Å². The normalized spacial score (nSPS) is 13.3. The molecule has 1 saturated carbocycles. The first-order valence-corrected chi connectivity index (χ1v) is 17.0. The zero-order chi connectivity index (χ0) is 37.6. The van der Waals surface area contributed by atoms with Crippen LogP contribution in [0.15, 0.2) is 162 Å². The molecule has 2 N–H and O–H groups in total. The van der Waals surface area contributed by atoms with Crippen LogP contribution in [0.3, 0.4) is 0 Å². The van der Waals surface area contributed by atoms with Crippen LogP contribution in [-0.2, 0) is 0 Å². The largest absolute Gasteiger partial charge is 0.308 e. The fourth-order valence-corrected chi connectivity index (χ4v) is 6.64. The maximum atomic E-state index is 9.67. The molecule has 0 radical (unpaired) electrons. The molecule has 1 aliphatic carbocycles. The molecule has 6 aromatic rings. The molecule has 0 aromatic heterocycles. The molecule has 0 saturated heterocycles. The Bertz CT molecular complexity index is 2510. The van der Waals surface area contributed by atoms with E-state index in [1.165, 1.54) is 12.4 Å². The van der Waals surface area contributed by atoms with Gasteiger partial charge in [-0.25, -0.2) is 0 Å². The van der Waals surface area contributed by atoms with Crippen LogP contribution in [0, 0.1) is 56.1 Å². The summed E-state index contributed by atoms with van der Waals surface area (Å²) in [6.45, 7) is 0.